The van der Waals surface area contributed by atoms with Crippen molar-refractivity contribution in [1.29, 1.82) is 0 Å². The highest BCUT2D eigenvalue weighted by Gasteiger charge is 2.36. The average molecular weight is 404 g/mol. The molecule has 3 rings (SSSR count). The second kappa shape index (κ2) is 8.42. The molecule has 0 radical (unpaired) electrons. The van der Waals surface area contributed by atoms with Gasteiger partial charge in [0, 0.05) is 29.9 Å². The zero-order chi connectivity index (χ0) is 21.1. The number of urea groups is 1. The van der Waals surface area contributed by atoms with Crippen LogP contribution in [-0.4, -0.2) is 28.5 Å². The van der Waals surface area contributed by atoms with E-state index in [0.717, 1.165) is 25.0 Å². The molecule has 7 nitrogen and oxygen atoms in total. The van der Waals surface area contributed by atoms with Gasteiger partial charge in [-0.25, -0.2) is 13.6 Å². The molecule has 0 saturated heterocycles. The summed E-state index contributed by atoms with van der Waals surface area (Å²) in [5.74, 6) is -1.46. The number of nitrogens with zero attached hydrogens (tertiary/aromatic N) is 2. The average Bonchev–Trinajstić information content (AvgIpc) is 3.05. The van der Waals surface area contributed by atoms with Crippen molar-refractivity contribution in [3.8, 4) is 0 Å². The summed E-state index contributed by atoms with van der Waals surface area (Å²) in [6.07, 6.45) is 1.59. The van der Waals surface area contributed by atoms with Gasteiger partial charge in [0.2, 0.25) is 0 Å². The summed E-state index contributed by atoms with van der Waals surface area (Å²) in [7, 11) is 0. The highest BCUT2D eigenvalue weighted by Crippen LogP contribution is 2.33. The van der Waals surface area contributed by atoms with Crippen LogP contribution in [0, 0.1) is 18.6 Å². The molecule has 3 amide bonds. The first-order chi connectivity index (χ1) is 13.8. The van der Waals surface area contributed by atoms with Crippen LogP contribution in [-0.2, 0) is 4.79 Å². The van der Waals surface area contributed by atoms with Gasteiger partial charge in [0.05, 0.1) is 11.6 Å². The number of benzene rings is 1. The molecular weight excluding hydrogens is 382 g/mol. The number of carbonyl (C=O) groups is 2. The van der Waals surface area contributed by atoms with Crippen LogP contribution in [0.1, 0.15) is 44.1 Å². The largest absolute Gasteiger partial charge is 0.360 e. The van der Waals surface area contributed by atoms with E-state index in [2.05, 4.69) is 15.8 Å². The van der Waals surface area contributed by atoms with Gasteiger partial charge in [0.1, 0.15) is 17.4 Å². The lowest BCUT2D eigenvalue weighted by Gasteiger charge is -2.35. The van der Waals surface area contributed by atoms with Crippen LogP contribution in [0.4, 0.5) is 19.4 Å². The predicted octanol–water partition coefficient (Wildman–Crippen LogP) is 4.04. The van der Waals surface area contributed by atoms with E-state index in [-0.39, 0.29) is 17.0 Å². The molecule has 0 spiro atoms. The van der Waals surface area contributed by atoms with Crippen molar-refractivity contribution in [2.24, 2.45) is 0 Å². The van der Waals surface area contributed by atoms with E-state index in [1.54, 1.807) is 13.8 Å². The van der Waals surface area contributed by atoms with Crippen LogP contribution in [0.2, 0.25) is 0 Å². The van der Waals surface area contributed by atoms with Gasteiger partial charge in [0.15, 0.2) is 5.82 Å². The van der Waals surface area contributed by atoms with Crippen molar-refractivity contribution in [1.82, 2.24) is 15.4 Å². The molecule has 1 aromatic heterocycles. The Labute approximate surface area is 166 Å². The van der Waals surface area contributed by atoms with Crippen molar-refractivity contribution in [3.05, 3.63) is 58.5 Å². The highest BCUT2D eigenvalue weighted by molar-refractivity contribution is 6.06. The first kappa shape index (κ1) is 20.5. The Morgan fingerprint density at radius 1 is 1.31 bits per heavy atom. The maximum atomic E-state index is 14.5. The molecule has 1 unspecified atom stereocenters. The second-order valence-electron chi connectivity index (χ2n) is 6.83. The summed E-state index contributed by atoms with van der Waals surface area (Å²) in [4.78, 5) is 27.1. The molecule has 1 aliphatic heterocycles. The molecule has 1 aromatic carbocycles. The van der Waals surface area contributed by atoms with Crippen LogP contribution >= 0.6 is 0 Å². The van der Waals surface area contributed by atoms with E-state index in [4.69, 9.17) is 4.52 Å². The molecular formula is C20H22F2N4O3. The molecule has 0 aliphatic carbocycles. The van der Waals surface area contributed by atoms with Crippen molar-refractivity contribution in [3.63, 3.8) is 0 Å². The highest BCUT2D eigenvalue weighted by atomic mass is 19.1. The second-order valence-corrected chi connectivity index (χ2v) is 6.83. The number of rotatable bonds is 6. The summed E-state index contributed by atoms with van der Waals surface area (Å²) in [5.41, 5.74) is 0.538. The van der Waals surface area contributed by atoms with Gasteiger partial charge < -0.3 is 15.2 Å². The molecule has 9 heteroatoms. The summed E-state index contributed by atoms with van der Waals surface area (Å²) >= 11 is 0. The maximum Gasteiger partial charge on any atom is 0.322 e. The zero-order valence-corrected chi connectivity index (χ0v) is 16.4. The van der Waals surface area contributed by atoms with Gasteiger partial charge in [-0.1, -0.05) is 24.6 Å². The Balaban J connectivity index is 2.04. The van der Waals surface area contributed by atoms with Crippen LogP contribution in [0.3, 0.4) is 0 Å². The fourth-order valence-electron chi connectivity index (χ4n) is 3.24. The van der Waals surface area contributed by atoms with E-state index >= 15 is 0 Å². The van der Waals surface area contributed by atoms with Crippen LogP contribution < -0.4 is 10.6 Å². The Kier molecular flexibility index (Phi) is 5.95. The van der Waals surface area contributed by atoms with E-state index in [0.29, 0.717) is 18.0 Å². The van der Waals surface area contributed by atoms with E-state index < -0.39 is 29.6 Å². The van der Waals surface area contributed by atoms with Crippen molar-refractivity contribution in [2.45, 2.75) is 39.7 Å². The molecule has 1 aliphatic rings. The lowest BCUT2D eigenvalue weighted by atomic mass is 9.93. The third kappa shape index (κ3) is 4.28. The van der Waals surface area contributed by atoms with E-state index in [1.807, 2.05) is 6.92 Å². The first-order valence-electron chi connectivity index (χ1n) is 9.30. The number of halogens is 2. The lowest BCUT2D eigenvalue weighted by molar-refractivity contribution is -0.113. The number of hydrogen-bond acceptors (Lipinski definition) is 4. The third-order valence-corrected chi connectivity index (χ3v) is 4.72. The minimum atomic E-state index is -1.08. The Bertz CT molecular complexity index is 970. The smallest absolute Gasteiger partial charge is 0.322 e. The van der Waals surface area contributed by atoms with Gasteiger partial charge >= 0.3 is 6.03 Å². The quantitative estimate of drug-likeness (QED) is 0.761. The SMILES string of the molecule is CCCCN1C(=O)NC(c2ccc(F)cc2F)C(C(=O)Nc2cc(C)on2)=C1C. The standard InChI is InChI=1S/C20H22F2N4O3/c1-4-5-8-26-12(3)17(19(27)23-16-9-11(2)29-25-16)18(24-20(26)28)14-7-6-13(21)10-15(14)22/h6-7,9-10,18H,4-5,8H2,1-3H3,(H,24,28)(H,23,25,27). The Morgan fingerprint density at radius 3 is 2.69 bits per heavy atom. The van der Waals surface area contributed by atoms with Crippen molar-refractivity contribution in [2.75, 3.05) is 11.9 Å². The molecule has 2 heterocycles. The van der Waals surface area contributed by atoms with Crippen LogP contribution in [0.25, 0.3) is 0 Å². The monoisotopic (exact) mass is 404 g/mol. The van der Waals surface area contributed by atoms with Crippen LogP contribution in [0.15, 0.2) is 40.1 Å². The van der Waals surface area contributed by atoms with Gasteiger partial charge in [-0.15, -0.1) is 0 Å². The van der Waals surface area contributed by atoms with Crippen LogP contribution in [0.5, 0.6) is 0 Å². The van der Waals surface area contributed by atoms with Gasteiger partial charge in [0.25, 0.3) is 5.91 Å². The number of aromatic nitrogens is 1. The molecule has 2 aromatic rings. The number of carbonyl (C=O) groups excluding carboxylic acids is 2. The molecule has 154 valence electrons. The van der Waals surface area contributed by atoms with Gasteiger partial charge in [-0.3, -0.25) is 9.69 Å². The number of aryl methyl sites for hydroxylation is 1. The summed E-state index contributed by atoms with van der Waals surface area (Å²) in [5, 5.41) is 9.01. The first-order valence-corrected chi connectivity index (χ1v) is 9.30. The molecule has 0 bridgehead atoms. The number of nitrogens with one attached hydrogen (secondary N) is 2. The number of amides is 3. The molecule has 0 fully saturated rings. The molecule has 2 N–H and O–H groups in total. The summed E-state index contributed by atoms with van der Waals surface area (Å²) < 4.78 is 32.8. The fraction of sp³-hybridized carbons (Fsp3) is 0.350. The summed E-state index contributed by atoms with van der Waals surface area (Å²) in [6.45, 7) is 5.70. The molecule has 29 heavy (non-hydrogen) atoms. The maximum absolute atomic E-state index is 14.5. The Morgan fingerprint density at radius 2 is 2.07 bits per heavy atom. The number of allylic oxidation sites excluding steroid dienone is 1. The topological polar surface area (TPSA) is 87.5 Å². The lowest BCUT2D eigenvalue weighted by Crippen LogP contribution is -2.49. The van der Waals surface area contributed by atoms with E-state index in [9.17, 15) is 18.4 Å². The Hall–Kier alpha value is -3.23. The fourth-order valence-corrected chi connectivity index (χ4v) is 3.24. The van der Waals surface area contributed by atoms with Gasteiger partial charge in [-0.2, -0.15) is 0 Å². The number of unbranched alkanes of at least 4 members (excludes halogenated alkanes) is 1. The number of hydrogen-bond donors (Lipinski definition) is 2. The predicted molar refractivity (Wildman–Crippen MR) is 102 cm³/mol. The number of anilines is 1. The minimum absolute atomic E-state index is 0.00396. The van der Waals surface area contributed by atoms with Crippen molar-refractivity contribution >= 4 is 17.8 Å². The third-order valence-electron chi connectivity index (χ3n) is 4.72. The zero-order valence-electron chi connectivity index (χ0n) is 16.4. The van der Waals surface area contributed by atoms with Crippen molar-refractivity contribution < 1.29 is 22.9 Å². The minimum Gasteiger partial charge on any atom is -0.360 e. The summed E-state index contributed by atoms with van der Waals surface area (Å²) in [6, 6.07) is 3.04. The molecule has 0 saturated carbocycles. The normalized spacial score (nSPS) is 16.8. The van der Waals surface area contributed by atoms with E-state index in [1.165, 1.54) is 17.0 Å². The van der Waals surface area contributed by atoms with Gasteiger partial charge in [-0.05, 0) is 26.3 Å². The molecule has 1 atom stereocenters.